The van der Waals surface area contributed by atoms with Crippen molar-refractivity contribution in [3.63, 3.8) is 0 Å². The molecule has 2 amide bonds. The highest BCUT2D eigenvalue weighted by molar-refractivity contribution is 6.32. The van der Waals surface area contributed by atoms with Crippen molar-refractivity contribution in [3.05, 3.63) is 64.2 Å². The van der Waals surface area contributed by atoms with Gasteiger partial charge in [-0.1, -0.05) is 29.8 Å². The summed E-state index contributed by atoms with van der Waals surface area (Å²) in [6.45, 7) is 6.59. The highest BCUT2D eigenvalue weighted by Crippen LogP contribution is 2.26. The Kier molecular flexibility index (Phi) is 7.46. The molecule has 0 aliphatic heterocycles. The standard InChI is InChI=1S/C22H27ClN2O3/c1-6-25(14-17-8-10-18(11-9-17)22(27)24(4)5)21(26)16(3)28-20-13-15(2)7-12-19(20)23/h7-13,16H,6,14H2,1-5H3. The van der Waals surface area contributed by atoms with E-state index in [1.54, 1.807) is 44.1 Å². The molecule has 28 heavy (non-hydrogen) atoms. The van der Waals surface area contributed by atoms with Crippen LogP contribution in [0.2, 0.25) is 5.02 Å². The maximum atomic E-state index is 12.8. The summed E-state index contributed by atoms with van der Waals surface area (Å²) in [7, 11) is 3.44. The molecule has 0 fully saturated rings. The Morgan fingerprint density at radius 2 is 1.75 bits per heavy atom. The second-order valence-electron chi connectivity index (χ2n) is 6.94. The minimum atomic E-state index is -0.658. The molecule has 6 heteroatoms. The highest BCUT2D eigenvalue weighted by atomic mass is 35.5. The number of nitrogens with zero attached hydrogens (tertiary/aromatic N) is 2. The number of likely N-dealkylation sites (N-methyl/N-ethyl adjacent to an activating group) is 1. The number of ether oxygens (including phenoxy) is 1. The average molecular weight is 403 g/mol. The molecule has 0 bridgehead atoms. The van der Waals surface area contributed by atoms with Gasteiger partial charge in [0, 0.05) is 32.7 Å². The lowest BCUT2D eigenvalue weighted by Crippen LogP contribution is -2.40. The van der Waals surface area contributed by atoms with Crippen LogP contribution in [0.4, 0.5) is 0 Å². The zero-order valence-corrected chi connectivity index (χ0v) is 17.8. The molecular formula is C22H27ClN2O3. The van der Waals surface area contributed by atoms with Gasteiger partial charge in [-0.2, -0.15) is 0 Å². The molecule has 150 valence electrons. The largest absolute Gasteiger partial charge is 0.479 e. The molecule has 0 radical (unpaired) electrons. The molecule has 2 aromatic carbocycles. The molecule has 2 rings (SSSR count). The minimum absolute atomic E-state index is 0.0490. The van der Waals surface area contributed by atoms with E-state index in [2.05, 4.69) is 0 Å². The molecule has 1 atom stereocenters. The quantitative estimate of drug-likeness (QED) is 0.698. The Balaban J connectivity index is 2.06. The maximum Gasteiger partial charge on any atom is 0.263 e. The molecule has 0 heterocycles. The van der Waals surface area contributed by atoms with Crippen molar-refractivity contribution in [2.75, 3.05) is 20.6 Å². The van der Waals surface area contributed by atoms with E-state index in [0.717, 1.165) is 11.1 Å². The predicted molar refractivity (Wildman–Crippen MR) is 112 cm³/mol. The van der Waals surface area contributed by atoms with Gasteiger partial charge < -0.3 is 14.5 Å². The Labute approximate surface area is 171 Å². The molecule has 0 N–H and O–H groups in total. The summed E-state index contributed by atoms with van der Waals surface area (Å²) < 4.78 is 5.81. The number of hydrogen-bond acceptors (Lipinski definition) is 3. The zero-order valence-electron chi connectivity index (χ0n) is 17.0. The van der Waals surface area contributed by atoms with Crippen molar-refractivity contribution in [3.8, 4) is 5.75 Å². The topological polar surface area (TPSA) is 49.9 Å². The normalized spacial score (nSPS) is 11.6. The first kappa shape index (κ1) is 21.8. The zero-order chi connectivity index (χ0) is 20.8. The Morgan fingerprint density at radius 3 is 2.32 bits per heavy atom. The number of amides is 2. The van der Waals surface area contributed by atoms with Crippen LogP contribution in [0, 0.1) is 6.92 Å². The van der Waals surface area contributed by atoms with Crippen LogP contribution in [-0.2, 0) is 11.3 Å². The van der Waals surface area contributed by atoms with Crippen molar-refractivity contribution in [1.82, 2.24) is 9.80 Å². The van der Waals surface area contributed by atoms with E-state index >= 15 is 0 Å². The van der Waals surface area contributed by atoms with E-state index in [4.69, 9.17) is 16.3 Å². The molecule has 0 aliphatic rings. The summed E-state index contributed by atoms with van der Waals surface area (Å²) in [5, 5.41) is 0.481. The number of carbonyl (C=O) groups is 2. The summed E-state index contributed by atoms with van der Waals surface area (Å²) in [5.74, 6) is 0.339. The number of hydrogen-bond donors (Lipinski definition) is 0. The van der Waals surface area contributed by atoms with Gasteiger partial charge in [-0.15, -0.1) is 0 Å². The summed E-state index contributed by atoms with van der Waals surface area (Å²) in [6, 6.07) is 12.8. The monoisotopic (exact) mass is 402 g/mol. The van der Waals surface area contributed by atoms with Crippen LogP contribution in [-0.4, -0.2) is 48.4 Å². The van der Waals surface area contributed by atoms with E-state index in [9.17, 15) is 9.59 Å². The fourth-order valence-electron chi connectivity index (χ4n) is 2.78. The van der Waals surface area contributed by atoms with Crippen LogP contribution in [0.3, 0.4) is 0 Å². The second kappa shape index (κ2) is 9.60. The van der Waals surface area contributed by atoms with Gasteiger partial charge in [-0.25, -0.2) is 0 Å². The molecule has 0 saturated carbocycles. The highest BCUT2D eigenvalue weighted by Gasteiger charge is 2.22. The molecule has 1 unspecified atom stereocenters. The lowest BCUT2D eigenvalue weighted by atomic mass is 10.1. The van der Waals surface area contributed by atoms with E-state index in [0.29, 0.717) is 29.4 Å². The maximum absolute atomic E-state index is 12.8. The van der Waals surface area contributed by atoms with Gasteiger partial charge in [0.15, 0.2) is 6.10 Å². The third-order valence-corrected chi connectivity index (χ3v) is 4.72. The lowest BCUT2D eigenvalue weighted by molar-refractivity contribution is -0.138. The van der Waals surface area contributed by atoms with Crippen LogP contribution in [0.1, 0.15) is 35.3 Å². The van der Waals surface area contributed by atoms with Crippen molar-refractivity contribution in [1.29, 1.82) is 0 Å². The predicted octanol–water partition coefficient (Wildman–Crippen LogP) is 4.17. The number of benzene rings is 2. The van der Waals surface area contributed by atoms with Crippen LogP contribution in [0.5, 0.6) is 5.75 Å². The second-order valence-corrected chi connectivity index (χ2v) is 7.35. The van der Waals surface area contributed by atoms with Crippen molar-refractivity contribution < 1.29 is 14.3 Å². The van der Waals surface area contributed by atoms with E-state index in [1.165, 1.54) is 4.90 Å². The summed E-state index contributed by atoms with van der Waals surface area (Å²) in [5.41, 5.74) is 2.58. The van der Waals surface area contributed by atoms with Gasteiger partial charge in [0.2, 0.25) is 0 Å². The Bertz CT molecular complexity index is 834. The fourth-order valence-corrected chi connectivity index (χ4v) is 2.94. The van der Waals surface area contributed by atoms with E-state index < -0.39 is 6.10 Å². The molecular weight excluding hydrogens is 376 g/mol. The van der Waals surface area contributed by atoms with Gasteiger partial charge in [0.25, 0.3) is 11.8 Å². The van der Waals surface area contributed by atoms with Crippen LogP contribution < -0.4 is 4.74 Å². The number of aryl methyl sites for hydroxylation is 1. The summed E-state index contributed by atoms with van der Waals surface area (Å²) in [4.78, 5) is 28.1. The number of rotatable bonds is 7. The smallest absolute Gasteiger partial charge is 0.263 e. The van der Waals surface area contributed by atoms with Crippen molar-refractivity contribution in [2.45, 2.75) is 33.4 Å². The third-order valence-electron chi connectivity index (χ3n) is 4.41. The number of halogens is 1. The van der Waals surface area contributed by atoms with Gasteiger partial charge in [-0.05, 0) is 56.2 Å². The van der Waals surface area contributed by atoms with Crippen LogP contribution in [0.25, 0.3) is 0 Å². The van der Waals surface area contributed by atoms with Gasteiger partial charge in [0.1, 0.15) is 5.75 Å². The summed E-state index contributed by atoms with van der Waals surface area (Å²) in [6.07, 6.45) is -0.658. The first-order valence-corrected chi connectivity index (χ1v) is 9.63. The van der Waals surface area contributed by atoms with E-state index in [1.807, 2.05) is 38.1 Å². The van der Waals surface area contributed by atoms with Crippen molar-refractivity contribution >= 4 is 23.4 Å². The van der Waals surface area contributed by atoms with Gasteiger partial charge >= 0.3 is 0 Å². The lowest BCUT2D eigenvalue weighted by Gasteiger charge is -2.25. The molecule has 5 nitrogen and oxygen atoms in total. The average Bonchev–Trinajstić information content (AvgIpc) is 2.68. The number of carbonyl (C=O) groups excluding carboxylic acids is 2. The molecule has 0 spiro atoms. The van der Waals surface area contributed by atoms with Gasteiger partial charge in [-0.3, -0.25) is 9.59 Å². The van der Waals surface area contributed by atoms with Crippen LogP contribution >= 0.6 is 11.6 Å². The Hall–Kier alpha value is -2.53. The molecule has 0 saturated heterocycles. The molecule has 2 aromatic rings. The fraction of sp³-hybridized carbons (Fsp3) is 0.364. The molecule has 0 aliphatic carbocycles. The SMILES string of the molecule is CCN(Cc1ccc(C(=O)N(C)C)cc1)C(=O)C(C)Oc1cc(C)ccc1Cl. The van der Waals surface area contributed by atoms with Gasteiger partial charge in [0.05, 0.1) is 5.02 Å². The Morgan fingerprint density at radius 1 is 1.11 bits per heavy atom. The minimum Gasteiger partial charge on any atom is -0.479 e. The van der Waals surface area contributed by atoms with Crippen LogP contribution in [0.15, 0.2) is 42.5 Å². The first-order valence-electron chi connectivity index (χ1n) is 9.25. The van der Waals surface area contributed by atoms with E-state index in [-0.39, 0.29) is 11.8 Å². The van der Waals surface area contributed by atoms with Crippen molar-refractivity contribution in [2.24, 2.45) is 0 Å². The summed E-state index contributed by atoms with van der Waals surface area (Å²) >= 11 is 6.17. The third kappa shape index (κ3) is 5.49. The molecule has 0 aromatic heterocycles. The first-order chi connectivity index (χ1) is 13.2.